The van der Waals surface area contributed by atoms with Gasteiger partial charge in [0.25, 0.3) is 0 Å². The molecular weight excluding hydrogens is 148 g/mol. The van der Waals surface area contributed by atoms with Gasteiger partial charge in [-0.25, -0.2) is 4.79 Å². The predicted molar refractivity (Wildman–Crippen MR) is 43.8 cm³/mol. The van der Waals surface area contributed by atoms with Crippen LogP contribution in [0.3, 0.4) is 0 Å². The SMILES string of the molecule is C=COC(=O)OC=C.C[SiH3]. The van der Waals surface area contributed by atoms with Crippen LogP contribution in [0.4, 0.5) is 4.79 Å². The van der Waals surface area contributed by atoms with E-state index in [2.05, 4.69) is 29.2 Å². The lowest BCUT2D eigenvalue weighted by atomic mass is 11.1. The van der Waals surface area contributed by atoms with Crippen LogP contribution in [0.5, 0.6) is 0 Å². The van der Waals surface area contributed by atoms with Gasteiger partial charge in [-0.1, -0.05) is 19.7 Å². The molecule has 0 aliphatic rings. The number of hydrogen-bond donors (Lipinski definition) is 0. The molecule has 0 bridgehead atoms. The zero-order chi connectivity index (χ0) is 8.41. The highest BCUT2D eigenvalue weighted by molar-refractivity contribution is 6.05. The molecule has 0 aliphatic heterocycles. The fraction of sp³-hybridized carbons (Fsp3) is 0.167. The monoisotopic (exact) mass is 160 g/mol. The van der Waals surface area contributed by atoms with Crippen molar-refractivity contribution >= 4 is 16.4 Å². The minimum atomic E-state index is -0.824. The lowest BCUT2D eigenvalue weighted by Gasteiger charge is -1.91. The molecule has 0 unspecified atom stereocenters. The molecule has 0 N–H and O–H groups in total. The molecule has 0 aromatic rings. The van der Waals surface area contributed by atoms with E-state index in [1.807, 2.05) is 0 Å². The maximum absolute atomic E-state index is 10.1. The van der Waals surface area contributed by atoms with Crippen LogP contribution in [0, 0.1) is 0 Å². The maximum atomic E-state index is 10.1. The van der Waals surface area contributed by atoms with Gasteiger partial charge in [-0.2, -0.15) is 0 Å². The summed E-state index contributed by atoms with van der Waals surface area (Å²) in [4.78, 5) is 10.1. The third-order valence-corrected chi connectivity index (χ3v) is 0.359. The van der Waals surface area contributed by atoms with E-state index in [0.717, 1.165) is 12.5 Å². The second kappa shape index (κ2) is 10.9. The smallest absolute Gasteiger partial charge is 0.403 e. The molecule has 0 heterocycles. The van der Waals surface area contributed by atoms with Crippen LogP contribution < -0.4 is 0 Å². The molecule has 0 aliphatic carbocycles. The quantitative estimate of drug-likeness (QED) is 0.341. The van der Waals surface area contributed by atoms with E-state index < -0.39 is 6.16 Å². The Hall–Kier alpha value is -1.03. The first-order valence-electron chi connectivity index (χ1n) is 2.90. The van der Waals surface area contributed by atoms with Gasteiger partial charge >= 0.3 is 6.16 Å². The number of carbonyl (C=O) groups is 1. The highest BCUT2D eigenvalue weighted by Gasteiger charge is 1.93. The number of hydrogen-bond acceptors (Lipinski definition) is 3. The Labute approximate surface area is 63.8 Å². The third-order valence-electron chi connectivity index (χ3n) is 0.359. The van der Waals surface area contributed by atoms with Gasteiger partial charge in [0.2, 0.25) is 0 Å². The summed E-state index contributed by atoms with van der Waals surface area (Å²) in [6.45, 7) is 8.39. The molecule has 0 aromatic carbocycles. The van der Waals surface area contributed by atoms with Gasteiger partial charge in [-0.05, 0) is 10.2 Å². The van der Waals surface area contributed by atoms with Crippen LogP contribution in [-0.2, 0) is 9.47 Å². The highest BCUT2D eigenvalue weighted by Crippen LogP contribution is 1.83. The Morgan fingerprint density at radius 2 is 1.60 bits per heavy atom. The van der Waals surface area contributed by atoms with Gasteiger partial charge in [0, 0.05) is 0 Å². The molecule has 0 aromatic heterocycles. The molecule has 0 radical (unpaired) electrons. The summed E-state index contributed by atoms with van der Waals surface area (Å²) in [7, 11) is 1.31. The van der Waals surface area contributed by atoms with Gasteiger partial charge in [0.15, 0.2) is 0 Å². The van der Waals surface area contributed by atoms with Crippen LogP contribution in [0.15, 0.2) is 25.7 Å². The number of carbonyl (C=O) groups excluding carboxylic acids is 1. The van der Waals surface area contributed by atoms with Gasteiger partial charge in [0.1, 0.15) is 0 Å². The molecule has 0 fully saturated rings. The lowest BCUT2D eigenvalue weighted by Crippen LogP contribution is -1.96. The van der Waals surface area contributed by atoms with Crippen molar-refractivity contribution in [2.75, 3.05) is 0 Å². The minimum Gasteiger partial charge on any atom is -0.403 e. The van der Waals surface area contributed by atoms with Crippen LogP contribution in [0.2, 0.25) is 6.55 Å². The van der Waals surface area contributed by atoms with Crippen molar-refractivity contribution in [1.29, 1.82) is 0 Å². The van der Waals surface area contributed by atoms with Crippen LogP contribution in [0.25, 0.3) is 0 Å². The molecule has 58 valence electrons. The zero-order valence-electron chi connectivity index (χ0n) is 6.29. The molecule has 0 amide bonds. The maximum Gasteiger partial charge on any atom is 0.518 e. The number of rotatable bonds is 2. The Kier molecular flexibility index (Phi) is 12.7. The summed E-state index contributed by atoms with van der Waals surface area (Å²) in [5.74, 6) is 0. The summed E-state index contributed by atoms with van der Waals surface area (Å²) < 4.78 is 8.23. The molecule has 0 saturated carbocycles. The van der Waals surface area contributed by atoms with Crippen molar-refractivity contribution in [2.45, 2.75) is 6.55 Å². The molecule has 10 heavy (non-hydrogen) atoms. The van der Waals surface area contributed by atoms with E-state index in [1.165, 1.54) is 10.2 Å². The van der Waals surface area contributed by atoms with Crippen molar-refractivity contribution in [2.24, 2.45) is 0 Å². The van der Waals surface area contributed by atoms with E-state index >= 15 is 0 Å². The highest BCUT2D eigenvalue weighted by atomic mass is 28.1. The van der Waals surface area contributed by atoms with Gasteiger partial charge in [-0.15, -0.1) is 0 Å². The molecule has 0 saturated heterocycles. The van der Waals surface area contributed by atoms with E-state index in [0.29, 0.717) is 0 Å². The molecule has 0 spiro atoms. The van der Waals surface area contributed by atoms with Gasteiger partial charge < -0.3 is 9.47 Å². The largest absolute Gasteiger partial charge is 0.518 e. The molecule has 0 rings (SSSR count). The Balaban J connectivity index is 0. The zero-order valence-corrected chi connectivity index (χ0v) is 8.29. The summed E-state index contributed by atoms with van der Waals surface area (Å²) in [5, 5.41) is 0. The fourth-order valence-electron chi connectivity index (χ4n) is 0.164. The molecule has 3 nitrogen and oxygen atoms in total. The molecule has 0 atom stereocenters. The average molecular weight is 160 g/mol. The lowest BCUT2D eigenvalue weighted by molar-refractivity contribution is 0.120. The second-order valence-electron chi connectivity index (χ2n) is 0.819. The van der Waals surface area contributed by atoms with Crippen LogP contribution in [-0.4, -0.2) is 16.4 Å². The minimum absolute atomic E-state index is 0.824. The average Bonchev–Trinajstić information content (AvgIpc) is 1.93. The standard InChI is InChI=1S/C5H6O3.CH6Si/c1-3-7-5(6)8-4-2;1-2/h3-4H,1-2H2;1-2H3. The van der Waals surface area contributed by atoms with Crippen molar-refractivity contribution in [3.8, 4) is 0 Å². The van der Waals surface area contributed by atoms with E-state index in [-0.39, 0.29) is 0 Å². The van der Waals surface area contributed by atoms with Crippen LogP contribution in [0.1, 0.15) is 0 Å². The van der Waals surface area contributed by atoms with E-state index in [4.69, 9.17) is 0 Å². The first-order chi connectivity index (χ1) is 4.81. The number of ether oxygens (including phenoxy) is 2. The summed E-state index contributed by atoms with van der Waals surface area (Å²) in [5.41, 5.74) is 0. The van der Waals surface area contributed by atoms with Gasteiger partial charge in [-0.3, -0.25) is 0 Å². The van der Waals surface area contributed by atoms with Crippen molar-refractivity contribution in [3.63, 3.8) is 0 Å². The fourth-order valence-corrected chi connectivity index (χ4v) is 0.164. The first-order valence-corrected chi connectivity index (χ1v) is 4.90. The van der Waals surface area contributed by atoms with Crippen LogP contribution >= 0.6 is 0 Å². The summed E-state index contributed by atoms with van der Waals surface area (Å²) in [6.07, 6.45) is 1.13. The molecule has 4 heteroatoms. The van der Waals surface area contributed by atoms with E-state index in [1.54, 1.807) is 0 Å². The first kappa shape index (κ1) is 11.7. The van der Waals surface area contributed by atoms with Gasteiger partial charge in [0.05, 0.1) is 12.5 Å². The Bertz CT molecular complexity index is 99.6. The topological polar surface area (TPSA) is 35.5 Å². The van der Waals surface area contributed by atoms with Crippen molar-refractivity contribution < 1.29 is 14.3 Å². The molecular formula is C6H12O3Si. The Morgan fingerprint density at radius 3 is 1.80 bits per heavy atom. The third kappa shape index (κ3) is 10.1. The predicted octanol–water partition coefficient (Wildman–Crippen LogP) is 0.826. The Morgan fingerprint density at radius 1 is 1.30 bits per heavy atom. The van der Waals surface area contributed by atoms with E-state index in [9.17, 15) is 4.79 Å². The summed E-state index contributed by atoms with van der Waals surface area (Å²) in [6, 6.07) is 0. The normalized spacial score (nSPS) is 6.50. The van der Waals surface area contributed by atoms with Crippen molar-refractivity contribution in [1.82, 2.24) is 0 Å². The van der Waals surface area contributed by atoms with Crippen molar-refractivity contribution in [3.05, 3.63) is 25.7 Å². The second-order valence-corrected chi connectivity index (χ2v) is 0.819. The summed E-state index contributed by atoms with van der Waals surface area (Å²) >= 11 is 0.